The van der Waals surface area contributed by atoms with E-state index in [9.17, 15) is 14.7 Å². The Kier molecular flexibility index (Phi) is 3.77. The number of ketones is 1. The number of cyclic esters (lactones) is 1. The Morgan fingerprint density at radius 3 is 2.59 bits per heavy atom. The first-order chi connectivity index (χ1) is 12.8. The molecule has 7 atom stereocenters. The summed E-state index contributed by atoms with van der Waals surface area (Å²) in [6, 6.07) is 0. The Labute approximate surface area is 161 Å². The van der Waals surface area contributed by atoms with Gasteiger partial charge in [0.25, 0.3) is 0 Å². The lowest BCUT2D eigenvalue weighted by Gasteiger charge is -2.63. The highest BCUT2D eigenvalue weighted by Crippen LogP contribution is 2.69. The standard InChI is InChI=1S/C23H32O4/c1-21-8-5-16(24)12-15(21)3-4-19-18(21)6-9-22(2)17(7-10-23(19,22)26)14-11-20(25)27-13-14/h11,15,17-19,26H,3-10,12-13H2,1-2H3/t15-,17-,18+,19-,21+,22+,23-/m0/s1. The van der Waals surface area contributed by atoms with Crippen molar-refractivity contribution in [2.75, 3.05) is 6.61 Å². The highest BCUT2D eigenvalue weighted by Gasteiger charge is 2.67. The monoisotopic (exact) mass is 372 g/mol. The van der Waals surface area contributed by atoms with Crippen LogP contribution in [0.4, 0.5) is 0 Å². The van der Waals surface area contributed by atoms with Crippen LogP contribution in [0.1, 0.15) is 71.6 Å². The lowest BCUT2D eigenvalue weighted by Crippen LogP contribution is -2.62. The molecule has 0 amide bonds. The molecular weight excluding hydrogens is 340 g/mol. The molecule has 0 aromatic heterocycles. The number of hydrogen-bond acceptors (Lipinski definition) is 4. The van der Waals surface area contributed by atoms with Crippen molar-refractivity contribution in [2.45, 2.75) is 77.2 Å². The smallest absolute Gasteiger partial charge is 0.331 e. The predicted octanol–water partition coefficient (Wildman–Crippen LogP) is 3.81. The van der Waals surface area contributed by atoms with Crippen LogP contribution in [-0.4, -0.2) is 29.1 Å². The van der Waals surface area contributed by atoms with Gasteiger partial charge in [0, 0.05) is 24.3 Å². The van der Waals surface area contributed by atoms with Gasteiger partial charge in [-0.15, -0.1) is 0 Å². The topological polar surface area (TPSA) is 63.6 Å². The predicted molar refractivity (Wildman–Crippen MR) is 101 cm³/mol. The van der Waals surface area contributed by atoms with Gasteiger partial charge in [-0.2, -0.15) is 0 Å². The summed E-state index contributed by atoms with van der Waals surface area (Å²) < 4.78 is 5.19. The van der Waals surface area contributed by atoms with Gasteiger partial charge < -0.3 is 9.84 Å². The number of esters is 1. The van der Waals surface area contributed by atoms with Crippen LogP contribution < -0.4 is 0 Å². The van der Waals surface area contributed by atoms with Crippen molar-refractivity contribution in [3.8, 4) is 0 Å². The molecule has 27 heavy (non-hydrogen) atoms. The molecule has 4 heteroatoms. The molecule has 5 rings (SSSR count). The summed E-state index contributed by atoms with van der Waals surface area (Å²) in [6.45, 7) is 5.08. The minimum absolute atomic E-state index is 0.165. The minimum atomic E-state index is -0.650. The van der Waals surface area contributed by atoms with Gasteiger partial charge in [0.05, 0.1) is 5.60 Å². The van der Waals surface area contributed by atoms with Crippen molar-refractivity contribution in [1.82, 2.24) is 0 Å². The van der Waals surface area contributed by atoms with E-state index < -0.39 is 5.60 Å². The Morgan fingerprint density at radius 1 is 1.04 bits per heavy atom. The van der Waals surface area contributed by atoms with E-state index in [0.29, 0.717) is 30.1 Å². The maximum absolute atomic E-state index is 12.1. The molecule has 1 aliphatic heterocycles. The molecule has 148 valence electrons. The average Bonchev–Trinajstić information content (AvgIpc) is 3.16. The molecule has 0 spiro atoms. The summed E-state index contributed by atoms with van der Waals surface area (Å²) in [5.41, 5.74) is 0.488. The Morgan fingerprint density at radius 2 is 1.85 bits per heavy atom. The molecule has 5 aliphatic rings. The van der Waals surface area contributed by atoms with Gasteiger partial charge in [0.1, 0.15) is 12.4 Å². The van der Waals surface area contributed by atoms with E-state index in [-0.39, 0.29) is 22.7 Å². The zero-order valence-corrected chi connectivity index (χ0v) is 16.6. The SMILES string of the molecule is C[C@@]12CCC(=O)C[C@@H]1CC[C@H]1[C@H]2CC[C@]2(C)[C@H](C3=CC(=O)OC3)CC[C@]12O. The first-order valence-electron chi connectivity index (χ1n) is 10.9. The third-order valence-electron chi connectivity index (χ3n) is 9.80. The fourth-order valence-corrected chi connectivity index (χ4v) is 8.20. The van der Waals surface area contributed by atoms with E-state index in [1.165, 1.54) is 0 Å². The van der Waals surface area contributed by atoms with Crippen molar-refractivity contribution in [1.29, 1.82) is 0 Å². The minimum Gasteiger partial charge on any atom is -0.458 e. The summed E-state index contributed by atoms with van der Waals surface area (Å²) in [5, 5.41) is 12.1. The zero-order valence-electron chi connectivity index (χ0n) is 16.6. The van der Waals surface area contributed by atoms with Crippen molar-refractivity contribution < 1.29 is 19.4 Å². The first-order valence-corrected chi connectivity index (χ1v) is 10.9. The summed E-state index contributed by atoms with van der Waals surface area (Å²) in [4.78, 5) is 23.7. The van der Waals surface area contributed by atoms with E-state index in [1.54, 1.807) is 6.08 Å². The summed E-state index contributed by atoms with van der Waals surface area (Å²) in [6.07, 6.45) is 10.2. The molecule has 0 unspecified atom stereocenters. The van der Waals surface area contributed by atoms with Crippen LogP contribution >= 0.6 is 0 Å². The number of ether oxygens (including phenoxy) is 1. The second-order valence-electron chi connectivity index (χ2n) is 10.5. The Hall–Kier alpha value is -1.16. The number of fused-ring (bicyclic) bond motifs is 5. The second kappa shape index (κ2) is 5.68. The van der Waals surface area contributed by atoms with Gasteiger partial charge in [-0.3, -0.25) is 4.79 Å². The van der Waals surface area contributed by atoms with Gasteiger partial charge in [0.15, 0.2) is 0 Å². The quantitative estimate of drug-likeness (QED) is 0.711. The molecule has 1 heterocycles. The number of Topliss-reactive ketones (excluding diaryl/α,β-unsaturated/α-hetero) is 1. The maximum atomic E-state index is 12.1. The molecule has 0 aromatic rings. The lowest BCUT2D eigenvalue weighted by atomic mass is 9.43. The molecule has 0 saturated heterocycles. The Balaban J connectivity index is 1.48. The largest absolute Gasteiger partial charge is 0.458 e. The van der Waals surface area contributed by atoms with Crippen LogP contribution in [0, 0.1) is 34.5 Å². The van der Waals surface area contributed by atoms with Crippen LogP contribution in [0.25, 0.3) is 0 Å². The van der Waals surface area contributed by atoms with E-state index in [4.69, 9.17) is 4.74 Å². The van der Waals surface area contributed by atoms with Gasteiger partial charge >= 0.3 is 5.97 Å². The number of carbonyl (C=O) groups excluding carboxylic acids is 2. The van der Waals surface area contributed by atoms with Crippen molar-refractivity contribution >= 4 is 11.8 Å². The van der Waals surface area contributed by atoms with Gasteiger partial charge in [-0.25, -0.2) is 4.79 Å². The van der Waals surface area contributed by atoms with Gasteiger partial charge in [0.2, 0.25) is 0 Å². The van der Waals surface area contributed by atoms with Gasteiger partial charge in [-0.05, 0) is 79.6 Å². The fourth-order valence-electron chi connectivity index (χ4n) is 8.20. The molecule has 4 nitrogen and oxygen atoms in total. The summed E-state index contributed by atoms with van der Waals surface area (Å²) in [7, 11) is 0. The second-order valence-corrected chi connectivity index (χ2v) is 10.5. The van der Waals surface area contributed by atoms with E-state index in [0.717, 1.165) is 63.4 Å². The molecule has 1 N–H and O–H groups in total. The number of hydrogen-bond donors (Lipinski definition) is 1. The fraction of sp³-hybridized carbons (Fsp3) is 0.826. The molecule has 0 aromatic carbocycles. The molecule has 4 aliphatic carbocycles. The highest BCUT2D eigenvalue weighted by atomic mass is 16.5. The van der Waals surface area contributed by atoms with Crippen LogP contribution in [0.3, 0.4) is 0 Å². The molecule has 4 saturated carbocycles. The number of carbonyl (C=O) groups is 2. The molecule has 0 bridgehead atoms. The van der Waals surface area contributed by atoms with Crippen LogP contribution in [0.2, 0.25) is 0 Å². The van der Waals surface area contributed by atoms with Crippen LogP contribution in [0.15, 0.2) is 11.6 Å². The van der Waals surface area contributed by atoms with Crippen molar-refractivity contribution in [3.63, 3.8) is 0 Å². The van der Waals surface area contributed by atoms with E-state index in [2.05, 4.69) is 13.8 Å². The lowest BCUT2D eigenvalue weighted by molar-refractivity contribution is -0.203. The molecule has 0 radical (unpaired) electrons. The summed E-state index contributed by atoms with van der Waals surface area (Å²) in [5.74, 6) is 1.83. The number of aliphatic hydroxyl groups is 1. The Bertz CT molecular complexity index is 726. The van der Waals surface area contributed by atoms with E-state index in [1.807, 2.05) is 0 Å². The molecular formula is C23H32O4. The van der Waals surface area contributed by atoms with Crippen LogP contribution in [-0.2, 0) is 14.3 Å². The zero-order chi connectivity index (χ0) is 19.0. The average molecular weight is 373 g/mol. The normalized spacial score (nSPS) is 51.9. The van der Waals surface area contributed by atoms with Crippen LogP contribution in [0.5, 0.6) is 0 Å². The van der Waals surface area contributed by atoms with Crippen molar-refractivity contribution in [2.24, 2.45) is 34.5 Å². The molecule has 4 fully saturated rings. The maximum Gasteiger partial charge on any atom is 0.331 e. The third kappa shape index (κ3) is 2.25. The number of rotatable bonds is 1. The van der Waals surface area contributed by atoms with E-state index >= 15 is 0 Å². The third-order valence-corrected chi connectivity index (χ3v) is 9.80. The van der Waals surface area contributed by atoms with Crippen molar-refractivity contribution in [3.05, 3.63) is 11.6 Å². The van der Waals surface area contributed by atoms with Gasteiger partial charge in [-0.1, -0.05) is 13.8 Å². The highest BCUT2D eigenvalue weighted by molar-refractivity contribution is 5.85. The summed E-state index contributed by atoms with van der Waals surface area (Å²) >= 11 is 0. The first kappa shape index (κ1) is 17.9.